The van der Waals surface area contributed by atoms with Crippen molar-refractivity contribution in [2.45, 2.75) is 12.1 Å². The molecule has 1 aromatic carbocycles. The minimum atomic E-state index is -1.01. The van der Waals surface area contributed by atoms with Crippen LogP contribution in [0.15, 0.2) is 34.5 Å². The van der Waals surface area contributed by atoms with Crippen molar-refractivity contribution < 1.29 is 9.90 Å². The maximum Gasteiger partial charge on any atom is 0.352 e. The molecule has 0 aliphatic carbocycles. The molecule has 0 atom stereocenters. The number of aromatic nitrogens is 3. The minimum absolute atomic E-state index is 0.102. The third kappa shape index (κ3) is 2.12. The SMILES string of the molecule is Cc1ccc(-c2nnc3n2N=C(C(=O)O)CS3)cc1. The van der Waals surface area contributed by atoms with E-state index in [1.165, 1.54) is 16.4 Å². The molecule has 0 bridgehead atoms. The van der Waals surface area contributed by atoms with Crippen LogP contribution in [0.5, 0.6) is 0 Å². The molecule has 0 saturated carbocycles. The Morgan fingerprint density at radius 2 is 2.05 bits per heavy atom. The van der Waals surface area contributed by atoms with E-state index in [1.807, 2.05) is 31.2 Å². The Kier molecular flexibility index (Phi) is 2.83. The van der Waals surface area contributed by atoms with Gasteiger partial charge in [-0.3, -0.25) is 0 Å². The zero-order valence-corrected chi connectivity index (χ0v) is 10.9. The van der Waals surface area contributed by atoms with Gasteiger partial charge in [0.25, 0.3) is 0 Å². The van der Waals surface area contributed by atoms with Crippen LogP contribution in [0, 0.1) is 6.92 Å². The van der Waals surface area contributed by atoms with Crippen molar-refractivity contribution >= 4 is 23.4 Å². The van der Waals surface area contributed by atoms with E-state index in [0.29, 0.717) is 16.7 Å². The van der Waals surface area contributed by atoms with Crippen LogP contribution in [-0.2, 0) is 4.79 Å². The molecule has 0 unspecified atom stereocenters. The summed E-state index contributed by atoms with van der Waals surface area (Å²) in [6, 6.07) is 7.77. The molecule has 3 rings (SSSR count). The number of benzene rings is 1. The summed E-state index contributed by atoms with van der Waals surface area (Å²) in [6.45, 7) is 2.00. The highest BCUT2D eigenvalue weighted by Gasteiger charge is 2.22. The first-order valence-corrected chi connectivity index (χ1v) is 6.60. The van der Waals surface area contributed by atoms with Crippen LogP contribution >= 0.6 is 11.8 Å². The zero-order chi connectivity index (χ0) is 13.4. The predicted molar refractivity (Wildman–Crippen MR) is 71.4 cm³/mol. The van der Waals surface area contributed by atoms with Crippen molar-refractivity contribution in [3.05, 3.63) is 29.8 Å². The first-order chi connectivity index (χ1) is 9.15. The Morgan fingerprint density at radius 3 is 2.74 bits per heavy atom. The highest BCUT2D eigenvalue weighted by atomic mass is 32.2. The van der Waals surface area contributed by atoms with Gasteiger partial charge in [0.05, 0.1) is 5.75 Å². The Labute approximate surface area is 113 Å². The average molecular weight is 274 g/mol. The molecule has 1 aromatic heterocycles. The maximum atomic E-state index is 11.0. The summed E-state index contributed by atoms with van der Waals surface area (Å²) in [5.74, 6) is -0.149. The van der Waals surface area contributed by atoms with Gasteiger partial charge in [-0.15, -0.1) is 10.2 Å². The summed E-state index contributed by atoms with van der Waals surface area (Å²) in [4.78, 5) is 11.0. The molecular weight excluding hydrogens is 264 g/mol. The fourth-order valence-corrected chi connectivity index (χ4v) is 2.51. The van der Waals surface area contributed by atoms with Crippen molar-refractivity contribution in [1.29, 1.82) is 0 Å². The van der Waals surface area contributed by atoms with Crippen molar-refractivity contribution in [3.8, 4) is 11.4 Å². The molecule has 1 aliphatic heterocycles. The van der Waals surface area contributed by atoms with Crippen LogP contribution in [0.25, 0.3) is 11.4 Å². The summed E-state index contributed by atoms with van der Waals surface area (Å²) < 4.78 is 1.49. The Hall–Kier alpha value is -2.15. The molecule has 0 spiro atoms. The molecular formula is C12H10N4O2S. The number of carboxylic acid groups (broad SMARTS) is 1. The van der Waals surface area contributed by atoms with Crippen molar-refractivity contribution in [1.82, 2.24) is 14.9 Å². The van der Waals surface area contributed by atoms with E-state index in [0.717, 1.165) is 11.1 Å². The van der Waals surface area contributed by atoms with Gasteiger partial charge in [0, 0.05) is 5.56 Å². The number of thioether (sulfide) groups is 1. The lowest BCUT2D eigenvalue weighted by atomic mass is 10.1. The monoisotopic (exact) mass is 274 g/mol. The molecule has 1 N–H and O–H groups in total. The lowest BCUT2D eigenvalue weighted by Crippen LogP contribution is -2.21. The number of carboxylic acids is 1. The number of fused-ring (bicyclic) bond motifs is 1. The quantitative estimate of drug-likeness (QED) is 0.900. The van der Waals surface area contributed by atoms with E-state index in [4.69, 9.17) is 5.11 Å². The van der Waals surface area contributed by atoms with Crippen molar-refractivity contribution in [3.63, 3.8) is 0 Å². The number of hydrogen-bond donors (Lipinski definition) is 1. The van der Waals surface area contributed by atoms with Gasteiger partial charge >= 0.3 is 5.97 Å². The molecule has 96 valence electrons. The molecule has 0 amide bonds. The molecule has 1 aliphatic rings. The lowest BCUT2D eigenvalue weighted by Gasteiger charge is -2.10. The van der Waals surface area contributed by atoms with Gasteiger partial charge < -0.3 is 5.11 Å². The summed E-state index contributed by atoms with van der Waals surface area (Å²) >= 11 is 1.32. The van der Waals surface area contributed by atoms with E-state index < -0.39 is 5.97 Å². The molecule has 7 heteroatoms. The second-order valence-electron chi connectivity index (χ2n) is 4.12. The van der Waals surface area contributed by atoms with Gasteiger partial charge in [0.1, 0.15) is 0 Å². The van der Waals surface area contributed by atoms with E-state index in [-0.39, 0.29) is 5.71 Å². The number of carbonyl (C=O) groups is 1. The second-order valence-corrected chi connectivity index (χ2v) is 5.07. The molecule has 19 heavy (non-hydrogen) atoms. The number of nitrogens with zero attached hydrogens (tertiary/aromatic N) is 4. The first kappa shape index (κ1) is 11.9. The lowest BCUT2D eigenvalue weighted by molar-refractivity contribution is -0.129. The summed E-state index contributed by atoms with van der Waals surface area (Å²) in [5, 5.41) is 21.8. The van der Waals surface area contributed by atoms with Gasteiger partial charge in [-0.1, -0.05) is 41.6 Å². The molecule has 2 aromatic rings. The average Bonchev–Trinajstić information content (AvgIpc) is 2.82. The Morgan fingerprint density at radius 1 is 1.32 bits per heavy atom. The van der Waals surface area contributed by atoms with Crippen molar-refractivity contribution in [2.75, 3.05) is 5.75 Å². The predicted octanol–water partition coefficient (Wildman–Crippen LogP) is 1.65. The van der Waals surface area contributed by atoms with Crippen molar-refractivity contribution in [2.24, 2.45) is 5.10 Å². The molecule has 0 fully saturated rings. The molecule has 6 nitrogen and oxygen atoms in total. The third-order valence-corrected chi connectivity index (χ3v) is 3.66. The molecule has 2 heterocycles. The summed E-state index contributed by atoms with van der Waals surface area (Å²) in [6.07, 6.45) is 0. The normalized spacial score (nSPS) is 13.8. The van der Waals surface area contributed by atoms with Gasteiger partial charge in [-0.25, -0.2) is 4.79 Å². The van der Waals surface area contributed by atoms with Gasteiger partial charge in [-0.2, -0.15) is 9.78 Å². The summed E-state index contributed by atoms with van der Waals surface area (Å²) in [5.41, 5.74) is 2.11. The van der Waals surface area contributed by atoms with Crippen LogP contribution < -0.4 is 0 Å². The van der Waals surface area contributed by atoms with E-state index in [1.54, 1.807) is 0 Å². The van der Waals surface area contributed by atoms with Crippen LogP contribution in [0.3, 0.4) is 0 Å². The maximum absolute atomic E-state index is 11.0. The molecule has 0 saturated heterocycles. The largest absolute Gasteiger partial charge is 0.477 e. The Bertz CT molecular complexity index is 676. The van der Waals surface area contributed by atoms with Gasteiger partial charge in [-0.05, 0) is 6.92 Å². The van der Waals surface area contributed by atoms with Crippen LogP contribution in [-0.4, -0.2) is 37.4 Å². The van der Waals surface area contributed by atoms with Gasteiger partial charge in [0.15, 0.2) is 11.5 Å². The minimum Gasteiger partial charge on any atom is -0.477 e. The topological polar surface area (TPSA) is 80.4 Å². The highest BCUT2D eigenvalue weighted by Crippen LogP contribution is 2.27. The second kappa shape index (κ2) is 4.51. The number of aliphatic carboxylic acids is 1. The molecule has 0 radical (unpaired) electrons. The van der Waals surface area contributed by atoms with Gasteiger partial charge in [0.2, 0.25) is 5.16 Å². The van der Waals surface area contributed by atoms with E-state index in [2.05, 4.69) is 15.3 Å². The third-order valence-electron chi connectivity index (χ3n) is 2.73. The number of hydrogen-bond acceptors (Lipinski definition) is 5. The van der Waals surface area contributed by atoms with Crippen LogP contribution in [0.4, 0.5) is 0 Å². The van der Waals surface area contributed by atoms with E-state index in [9.17, 15) is 4.79 Å². The van der Waals surface area contributed by atoms with E-state index >= 15 is 0 Å². The Balaban J connectivity index is 2.09. The zero-order valence-electron chi connectivity index (χ0n) is 10.1. The highest BCUT2D eigenvalue weighted by molar-refractivity contribution is 8.00. The fourth-order valence-electron chi connectivity index (χ4n) is 1.72. The summed E-state index contributed by atoms with van der Waals surface area (Å²) in [7, 11) is 0. The standard InChI is InChI=1S/C12H10N4O2S/c1-7-2-4-8(5-3-7)10-13-14-12-16(10)15-9(6-19-12)11(17)18/h2-5H,6H2,1H3,(H,17,18). The van der Waals surface area contributed by atoms with Crippen LogP contribution in [0.2, 0.25) is 0 Å². The first-order valence-electron chi connectivity index (χ1n) is 5.61. The number of rotatable bonds is 2. The smallest absolute Gasteiger partial charge is 0.352 e. The number of aryl methyl sites for hydroxylation is 1. The fraction of sp³-hybridized carbons (Fsp3) is 0.167. The van der Waals surface area contributed by atoms with Crippen LogP contribution in [0.1, 0.15) is 5.56 Å².